The molecule has 88 valence electrons. The zero-order valence-corrected chi connectivity index (χ0v) is 11.0. The van der Waals surface area contributed by atoms with Gasteiger partial charge < -0.3 is 5.32 Å². The molecule has 1 unspecified atom stereocenters. The Balaban J connectivity index is 1.79. The van der Waals surface area contributed by atoms with Crippen LogP contribution < -0.4 is 5.32 Å². The van der Waals surface area contributed by atoms with Gasteiger partial charge in [0.25, 0.3) is 0 Å². The van der Waals surface area contributed by atoms with Crippen LogP contribution in [0.4, 0.5) is 0 Å². The molecule has 1 aromatic rings. The molecule has 1 N–H and O–H groups in total. The van der Waals surface area contributed by atoms with E-state index < -0.39 is 0 Å². The number of carbonyl (C=O) groups excluding carboxylic acids is 1. The fourth-order valence-corrected chi connectivity index (χ4v) is 3.50. The summed E-state index contributed by atoms with van der Waals surface area (Å²) in [6.07, 6.45) is 1.15. The Morgan fingerprint density at radius 2 is 2.56 bits per heavy atom. The summed E-state index contributed by atoms with van der Waals surface area (Å²) in [5, 5.41) is 6.33. The molecule has 2 heterocycles. The molecule has 0 spiro atoms. The maximum absolute atomic E-state index is 11.8. The number of nitrogens with zero attached hydrogens (tertiary/aromatic N) is 1. The van der Waals surface area contributed by atoms with E-state index in [4.69, 9.17) is 0 Å². The first-order valence-corrected chi connectivity index (χ1v) is 7.51. The van der Waals surface area contributed by atoms with Crippen molar-refractivity contribution in [1.82, 2.24) is 10.3 Å². The summed E-state index contributed by atoms with van der Waals surface area (Å²) in [6, 6.07) is 0.368. The fraction of sp³-hybridized carbons (Fsp3) is 0.636. The van der Waals surface area contributed by atoms with Crippen LogP contribution in [-0.4, -0.2) is 34.9 Å². The first-order chi connectivity index (χ1) is 7.74. The first-order valence-electron chi connectivity index (χ1n) is 5.48. The summed E-state index contributed by atoms with van der Waals surface area (Å²) in [5.41, 5.74) is 1.01. The van der Waals surface area contributed by atoms with Gasteiger partial charge in [0, 0.05) is 41.6 Å². The summed E-state index contributed by atoms with van der Waals surface area (Å²) in [5.74, 6) is 2.52. The Bertz CT molecular complexity index is 359. The molecule has 3 nitrogen and oxygen atoms in total. The predicted octanol–water partition coefficient (Wildman–Crippen LogP) is 1.66. The molecule has 1 aliphatic heterocycles. The van der Waals surface area contributed by atoms with Crippen molar-refractivity contribution < 1.29 is 4.79 Å². The number of hydrogen-bond donors (Lipinski definition) is 1. The number of aryl methyl sites for hydroxylation is 1. The van der Waals surface area contributed by atoms with Crippen LogP contribution in [0.25, 0.3) is 0 Å². The van der Waals surface area contributed by atoms with E-state index in [0.717, 1.165) is 28.8 Å². The standard InChI is InChI=1S/C11H16N2OS2/c1-8-6-16-11(13-8)5-10(14)4-9-7-15-3-2-12-9/h6,9,12H,2-5,7H2,1H3. The third-order valence-electron chi connectivity index (χ3n) is 2.49. The number of nitrogens with one attached hydrogen (secondary N) is 1. The number of rotatable bonds is 4. The number of hydrogen-bond acceptors (Lipinski definition) is 5. The zero-order chi connectivity index (χ0) is 11.4. The van der Waals surface area contributed by atoms with Crippen LogP contribution in [0, 0.1) is 6.92 Å². The molecular formula is C11H16N2OS2. The number of thioether (sulfide) groups is 1. The van der Waals surface area contributed by atoms with Crippen LogP contribution in [0.15, 0.2) is 5.38 Å². The topological polar surface area (TPSA) is 42.0 Å². The normalized spacial score (nSPS) is 20.9. The van der Waals surface area contributed by atoms with Crippen LogP contribution >= 0.6 is 23.1 Å². The van der Waals surface area contributed by atoms with Crippen LogP contribution in [0.2, 0.25) is 0 Å². The summed E-state index contributed by atoms with van der Waals surface area (Å²) < 4.78 is 0. The predicted molar refractivity (Wildman–Crippen MR) is 69.3 cm³/mol. The largest absolute Gasteiger partial charge is 0.312 e. The Hall–Kier alpha value is -0.390. The van der Waals surface area contributed by atoms with Gasteiger partial charge in [-0.25, -0.2) is 4.98 Å². The average Bonchev–Trinajstić information content (AvgIpc) is 2.65. The molecule has 0 saturated carbocycles. The van der Waals surface area contributed by atoms with Gasteiger partial charge in [0.15, 0.2) is 0 Å². The van der Waals surface area contributed by atoms with Gasteiger partial charge in [-0.05, 0) is 6.92 Å². The van der Waals surface area contributed by atoms with Crippen molar-refractivity contribution in [3.8, 4) is 0 Å². The Labute approximate surface area is 104 Å². The maximum atomic E-state index is 11.8. The fourth-order valence-electron chi connectivity index (χ4n) is 1.75. The summed E-state index contributed by atoms with van der Waals surface area (Å²) in [6.45, 7) is 2.99. The lowest BCUT2D eigenvalue weighted by molar-refractivity contribution is -0.118. The average molecular weight is 256 g/mol. The second kappa shape index (κ2) is 5.80. The van der Waals surface area contributed by atoms with Crippen molar-refractivity contribution in [3.63, 3.8) is 0 Å². The minimum absolute atomic E-state index is 0.300. The number of ketones is 1. The minimum Gasteiger partial charge on any atom is -0.312 e. The summed E-state index contributed by atoms with van der Waals surface area (Å²) in [4.78, 5) is 16.1. The SMILES string of the molecule is Cc1csc(CC(=O)CC2CSCCN2)n1. The molecule has 0 aliphatic carbocycles. The van der Waals surface area contributed by atoms with E-state index in [1.165, 1.54) is 0 Å². The number of thiazole rings is 1. The van der Waals surface area contributed by atoms with Gasteiger partial charge in [-0.3, -0.25) is 4.79 Å². The van der Waals surface area contributed by atoms with E-state index in [0.29, 0.717) is 24.7 Å². The second-order valence-corrected chi connectivity index (χ2v) is 6.12. The van der Waals surface area contributed by atoms with Crippen molar-refractivity contribution >= 4 is 28.9 Å². The highest BCUT2D eigenvalue weighted by Gasteiger charge is 2.17. The molecule has 16 heavy (non-hydrogen) atoms. The zero-order valence-electron chi connectivity index (χ0n) is 9.36. The molecule has 1 fully saturated rings. The van der Waals surface area contributed by atoms with Gasteiger partial charge >= 0.3 is 0 Å². The van der Waals surface area contributed by atoms with Crippen molar-refractivity contribution in [2.75, 3.05) is 18.1 Å². The lowest BCUT2D eigenvalue weighted by Gasteiger charge is -2.22. The molecule has 0 amide bonds. The lowest BCUT2D eigenvalue weighted by atomic mass is 10.1. The Morgan fingerprint density at radius 3 is 3.19 bits per heavy atom. The number of aromatic nitrogens is 1. The molecule has 0 radical (unpaired) electrons. The quantitative estimate of drug-likeness (QED) is 0.889. The van der Waals surface area contributed by atoms with Crippen LogP contribution in [0.5, 0.6) is 0 Å². The first kappa shape index (κ1) is 12.1. The molecule has 2 rings (SSSR count). The summed E-state index contributed by atoms with van der Waals surface area (Å²) in [7, 11) is 0. The van der Waals surface area contributed by atoms with Crippen LogP contribution in [-0.2, 0) is 11.2 Å². The highest BCUT2D eigenvalue weighted by atomic mass is 32.2. The molecule has 0 aromatic carbocycles. The third-order valence-corrected chi connectivity index (χ3v) is 4.59. The van der Waals surface area contributed by atoms with Crippen molar-refractivity contribution in [2.24, 2.45) is 0 Å². The molecular weight excluding hydrogens is 240 g/mol. The van der Waals surface area contributed by atoms with Crippen LogP contribution in [0.1, 0.15) is 17.1 Å². The van der Waals surface area contributed by atoms with Gasteiger partial charge in [-0.1, -0.05) is 0 Å². The Kier molecular flexibility index (Phi) is 4.37. The molecule has 1 aromatic heterocycles. The van der Waals surface area contributed by atoms with E-state index in [1.807, 2.05) is 24.1 Å². The molecule has 1 saturated heterocycles. The van der Waals surface area contributed by atoms with Gasteiger partial charge in [-0.15, -0.1) is 11.3 Å². The number of Topliss-reactive ketones (excluding diaryl/α,β-unsaturated/α-hetero) is 1. The van der Waals surface area contributed by atoms with E-state index in [2.05, 4.69) is 10.3 Å². The van der Waals surface area contributed by atoms with E-state index in [9.17, 15) is 4.79 Å². The van der Waals surface area contributed by atoms with Crippen molar-refractivity contribution in [2.45, 2.75) is 25.8 Å². The number of carbonyl (C=O) groups is 1. The highest BCUT2D eigenvalue weighted by Crippen LogP contribution is 2.14. The lowest BCUT2D eigenvalue weighted by Crippen LogP contribution is -2.39. The summed E-state index contributed by atoms with van der Waals surface area (Å²) >= 11 is 3.51. The molecule has 5 heteroatoms. The minimum atomic E-state index is 0.300. The van der Waals surface area contributed by atoms with Crippen molar-refractivity contribution in [1.29, 1.82) is 0 Å². The van der Waals surface area contributed by atoms with Gasteiger partial charge in [0.05, 0.1) is 6.42 Å². The van der Waals surface area contributed by atoms with Gasteiger partial charge in [0.1, 0.15) is 10.8 Å². The maximum Gasteiger partial charge on any atom is 0.141 e. The molecule has 1 aliphatic rings. The smallest absolute Gasteiger partial charge is 0.141 e. The third kappa shape index (κ3) is 3.57. The monoisotopic (exact) mass is 256 g/mol. The van der Waals surface area contributed by atoms with E-state index >= 15 is 0 Å². The van der Waals surface area contributed by atoms with Gasteiger partial charge in [0.2, 0.25) is 0 Å². The van der Waals surface area contributed by atoms with Crippen molar-refractivity contribution in [3.05, 3.63) is 16.1 Å². The second-order valence-electron chi connectivity index (χ2n) is 4.03. The molecule has 1 atom stereocenters. The van der Waals surface area contributed by atoms with E-state index in [1.54, 1.807) is 11.3 Å². The van der Waals surface area contributed by atoms with Gasteiger partial charge in [-0.2, -0.15) is 11.8 Å². The molecule has 0 bridgehead atoms. The highest BCUT2D eigenvalue weighted by molar-refractivity contribution is 7.99. The van der Waals surface area contributed by atoms with Crippen LogP contribution in [0.3, 0.4) is 0 Å². The van der Waals surface area contributed by atoms with E-state index in [-0.39, 0.29) is 0 Å². The Morgan fingerprint density at radius 1 is 1.69 bits per heavy atom.